The number of furan rings is 1. The van der Waals surface area contributed by atoms with E-state index in [9.17, 15) is 13.2 Å². The summed E-state index contributed by atoms with van der Waals surface area (Å²) in [4.78, 5) is 14.9. The molecule has 0 saturated carbocycles. The van der Waals surface area contributed by atoms with E-state index in [0.717, 1.165) is 5.56 Å². The van der Waals surface area contributed by atoms with Crippen molar-refractivity contribution >= 4 is 27.3 Å². The van der Waals surface area contributed by atoms with Crippen LogP contribution in [0.2, 0.25) is 5.02 Å². The molecule has 2 heterocycles. The maximum atomic E-state index is 13.3. The van der Waals surface area contributed by atoms with Crippen LogP contribution in [0, 0.1) is 0 Å². The molecule has 8 heteroatoms. The lowest BCUT2D eigenvalue weighted by Crippen LogP contribution is -2.40. The number of carbonyl (C=O) groups excluding carboxylic acids is 1. The first kappa shape index (κ1) is 21.5. The zero-order chi connectivity index (χ0) is 22.0. The number of hydrogen-bond acceptors (Lipinski definition) is 5. The summed E-state index contributed by atoms with van der Waals surface area (Å²) in [5, 5.41) is 0.600. The average Bonchev–Trinajstić information content (AvgIpc) is 3.37. The molecule has 0 radical (unpaired) electrons. The Morgan fingerprint density at radius 2 is 1.94 bits per heavy atom. The first-order valence-corrected chi connectivity index (χ1v) is 12.0. The molecule has 0 unspecified atom stereocenters. The Morgan fingerprint density at radius 1 is 1.16 bits per heavy atom. The van der Waals surface area contributed by atoms with E-state index in [2.05, 4.69) is 0 Å². The quantitative estimate of drug-likeness (QED) is 0.544. The molecule has 1 aliphatic heterocycles. The highest BCUT2D eigenvalue weighted by molar-refractivity contribution is 7.91. The Balaban J connectivity index is 1.61. The standard InChI is InChI=1S/C23H22ClNO5S/c1-29-20-7-5-16(6-8-20)23(26)25(19-11-12-31(27,28)15-19)14-21-9-10-22(30-21)17-3-2-4-18(24)13-17/h2-10,13,19H,11-12,14-15H2,1H3/t19-/m1/s1. The molecule has 162 valence electrons. The minimum atomic E-state index is -3.16. The van der Waals surface area contributed by atoms with Crippen molar-refractivity contribution in [3.05, 3.63) is 77.0 Å². The van der Waals surface area contributed by atoms with Gasteiger partial charge in [0.05, 0.1) is 25.2 Å². The molecule has 1 saturated heterocycles. The zero-order valence-corrected chi connectivity index (χ0v) is 18.5. The third kappa shape index (κ3) is 4.94. The number of halogens is 1. The SMILES string of the molecule is COc1ccc(C(=O)N(Cc2ccc(-c3cccc(Cl)c3)o2)[C@@H]2CCS(=O)(=O)C2)cc1. The largest absolute Gasteiger partial charge is 0.497 e. The molecular weight excluding hydrogens is 438 g/mol. The van der Waals surface area contributed by atoms with Crippen molar-refractivity contribution in [2.45, 2.75) is 19.0 Å². The van der Waals surface area contributed by atoms with Gasteiger partial charge in [0.2, 0.25) is 0 Å². The van der Waals surface area contributed by atoms with E-state index in [4.69, 9.17) is 20.8 Å². The Hall–Kier alpha value is -2.77. The number of methoxy groups -OCH3 is 1. The Kier molecular flexibility index (Phi) is 6.07. The van der Waals surface area contributed by atoms with E-state index < -0.39 is 15.9 Å². The van der Waals surface area contributed by atoms with Crippen molar-refractivity contribution < 1.29 is 22.4 Å². The Morgan fingerprint density at radius 3 is 2.58 bits per heavy atom. The van der Waals surface area contributed by atoms with Gasteiger partial charge in [0.1, 0.15) is 17.3 Å². The number of benzene rings is 2. The van der Waals surface area contributed by atoms with Gasteiger partial charge in [0, 0.05) is 22.2 Å². The molecule has 0 aliphatic carbocycles. The fourth-order valence-corrected chi connectivity index (χ4v) is 5.64. The summed E-state index contributed by atoms with van der Waals surface area (Å²) in [6.45, 7) is 0.172. The maximum Gasteiger partial charge on any atom is 0.254 e. The van der Waals surface area contributed by atoms with Crippen LogP contribution in [0.4, 0.5) is 0 Å². The molecule has 2 aromatic carbocycles. The molecule has 1 atom stereocenters. The summed E-state index contributed by atoms with van der Waals surface area (Å²) in [5.41, 5.74) is 1.29. The molecule has 0 spiro atoms. The minimum absolute atomic E-state index is 0.0449. The van der Waals surface area contributed by atoms with Gasteiger partial charge in [0.25, 0.3) is 5.91 Å². The molecule has 1 aromatic heterocycles. The van der Waals surface area contributed by atoms with Crippen LogP contribution >= 0.6 is 11.6 Å². The van der Waals surface area contributed by atoms with E-state index >= 15 is 0 Å². The summed E-state index contributed by atoms with van der Waals surface area (Å²) < 4.78 is 35.3. The summed E-state index contributed by atoms with van der Waals surface area (Å²) in [6.07, 6.45) is 0.409. The number of ether oxygens (including phenoxy) is 1. The summed E-state index contributed by atoms with van der Waals surface area (Å²) >= 11 is 6.07. The number of amides is 1. The highest BCUT2D eigenvalue weighted by atomic mass is 35.5. The molecule has 1 fully saturated rings. The van der Waals surface area contributed by atoms with E-state index in [1.54, 1.807) is 54.5 Å². The van der Waals surface area contributed by atoms with Crippen molar-refractivity contribution in [2.75, 3.05) is 18.6 Å². The van der Waals surface area contributed by atoms with Crippen LogP contribution in [0.25, 0.3) is 11.3 Å². The number of nitrogens with zero attached hydrogens (tertiary/aromatic N) is 1. The second-order valence-electron chi connectivity index (χ2n) is 7.49. The van der Waals surface area contributed by atoms with Crippen molar-refractivity contribution in [3.8, 4) is 17.1 Å². The predicted molar refractivity (Wildman–Crippen MR) is 119 cm³/mol. The topological polar surface area (TPSA) is 76.8 Å². The van der Waals surface area contributed by atoms with Crippen LogP contribution in [0.3, 0.4) is 0 Å². The van der Waals surface area contributed by atoms with Gasteiger partial charge in [-0.3, -0.25) is 4.79 Å². The van der Waals surface area contributed by atoms with E-state index in [-0.39, 0.29) is 24.0 Å². The molecule has 3 aromatic rings. The average molecular weight is 460 g/mol. The van der Waals surface area contributed by atoms with Crippen LogP contribution in [-0.2, 0) is 16.4 Å². The third-order valence-electron chi connectivity index (χ3n) is 5.34. The lowest BCUT2D eigenvalue weighted by molar-refractivity contribution is 0.0666. The number of hydrogen-bond donors (Lipinski definition) is 0. The molecule has 6 nitrogen and oxygen atoms in total. The van der Waals surface area contributed by atoms with E-state index in [1.807, 2.05) is 18.2 Å². The maximum absolute atomic E-state index is 13.3. The number of sulfone groups is 1. The van der Waals surface area contributed by atoms with Crippen molar-refractivity contribution in [1.29, 1.82) is 0 Å². The van der Waals surface area contributed by atoms with E-state index in [0.29, 0.717) is 34.3 Å². The van der Waals surface area contributed by atoms with Crippen LogP contribution in [0.1, 0.15) is 22.5 Å². The summed E-state index contributed by atoms with van der Waals surface area (Å²) in [7, 11) is -1.60. The zero-order valence-electron chi connectivity index (χ0n) is 17.0. The lowest BCUT2D eigenvalue weighted by Gasteiger charge is -2.27. The Labute approximate surface area is 186 Å². The fourth-order valence-electron chi connectivity index (χ4n) is 3.72. The smallest absolute Gasteiger partial charge is 0.254 e. The van der Waals surface area contributed by atoms with Crippen LogP contribution < -0.4 is 4.74 Å². The van der Waals surface area contributed by atoms with Crippen molar-refractivity contribution in [3.63, 3.8) is 0 Å². The number of carbonyl (C=O) groups is 1. The summed E-state index contributed by atoms with van der Waals surface area (Å²) in [5.74, 6) is 1.64. The molecule has 0 bridgehead atoms. The molecule has 1 aliphatic rings. The van der Waals surface area contributed by atoms with Gasteiger partial charge < -0.3 is 14.1 Å². The molecule has 31 heavy (non-hydrogen) atoms. The normalized spacial score (nSPS) is 17.4. The third-order valence-corrected chi connectivity index (χ3v) is 7.33. The second kappa shape index (κ2) is 8.77. The second-order valence-corrected chi connectivity index (χ2v) is 10.2. The van der Waals surface area contributed by atoms with Gasteiger partial charge in [-0.25, -0.2) is 8.42 Å². The van der Waals surface area contributed by atoms with Crippen molar-refractivity contribution in [1.82, 2.24) is 4.90 Å². The molecule has 1 amide bonds. The Bertz CT molecular complexity index is 1190. The van der Waals surface area contributed by atoms with E-state index in [1.165, 1.54) is 0 Å². The van der Waals surface area contributed by atoms with Gasteiger partial charge >= 0.3 is 0 Å². The lowest BCUT2D eigenvalue weighted by atomic mass is 10.1. The van der Waals surface area contributed by atoms with Gasteiger partial charge in [0.15, 0.2) is 9.84 Å². The van der Waals surface area contributed by atoms with Gasteiger partial charge in [-0.2, -0.15) is 0 Å². The monoisotopic (exact) mass is 459 g/mol. The van der Waals surface area contributed by atoms with Crippen LogP contribution in [0.5, 0.6) is 5.75 Å². The molecule has 0 N–H and O–H groups in total. The van der Waals surface area contributed by atoms with Crippen LogP contribution in [0.15, 0.2) is 65.1 Å². The van der Waals surface area contributed by atoms with Gasteiger partial charge in [-0.05, 0) is 55.0 Å². The molecular formula is C23H22ClNO5S. The van der Waals surface area contributed by atoms with Gasteiger partial charge in [-0.1, -0.05) is 23.7 Å². The highest BCUT2D eigenvalue weighted by Gasteiger charge is 2.35. The van der Waals surface area contributed by atoms with Crippen molar-refractivity contribution in [2.24, 2.45) is 0 Å². The first-order chi connectivity index (χ1) is 14.8. The number of rotatable bonds is 6. The predicted octanol–water partition coefficient (Wildman–Crippen LogP) is 4.44. The van der Waals surface area contributed by atoms with Gasteiger partial charge in [-0.15, -0.1) is 0 Å². The minimum Gasteiger partial charge on any atom is -0.497 e. The highest BCUT2D eigenvalue weighted by Crippen LogP contribution is 2.28. The summed E-state index contributed by atoms with van der Waals surface area (Å²) in [6, 6.07) is 17.3. The molecule has 4 rings (SSSR count). The fraction of sp³-hybridized carbons (Fsp3) is 0.261. The van der Waals surface area contributed by atoms with Crippen LogP contribution in [-0.4, -0.2) is 43.9 Å². The first-order valence-electron chi connectivity index (χ1n) is 9.85.